The molecule has 1 atom stereocenters. The maximum absolute atomic E-state index is 11.9. The molecule has 1 unspecified atom stereocenters. The van der Waals surface area contributed by atoms with Crippen molar-refractivity contribution in [1.29, 1.82) is 0 Å². The standard InChI is InChI=1S/C11H15O4P/c1-2-3-8-16(14,15)10-6-4-9(5-7-10)11(12)13/h4-7H,2-3,8H2,1H3,(H,12,13)(H,14,15). The first-order chi connectivity index (χ1) is 7.47. The summed E-state index contributed by atoms with van der Waals surface area (Å²) in [4.78, 5) is 20.4. The molecule has 1 aromatic carbocycles. The van der Waals surface area contributed by atoms with Gasteiger partial charge in [-0.1, -0.05) is 13.3 Å². The van der Waals surface area contributed by atoms with E-state index in [1.54, 1.807) is 0 Å². The summed E-state index contributed by atoms with van der Waals surface area (Å²) in [5, 5.41) is 9.01. The SMILES string of the molecule is CCCCP(=O)(O)c1ccc(C(=O)O)cc1. The van der Waals surface area contributed by atoms with E-state index in [1.807, 2.05) is 6.92 Å². The van der Waals surface area contributed by atoms with Crippen molar-refractivity contribution in [2.75, 3.05) is 6.16 Å². The van der Waals surface area contributed by atoms with Crippen LogP contribution in [-0.2, 0) is 4.57 Å². The van der Waals surface area contributed by atoms with Gasteiger partial charge in [0.15, 0.2) is 0 Å². The number of rotatable bonds is 5. The molecule has 5 heteroatoms. The molecule has 0 aromatic heterocycles. The van der Waals surface area contributed by atoms with E-state index in [1.165, 1.54) is 24.3 Å². The lowest BCUT2D eigenvalue weighted by molar-refractivity contribution is 0.0697. The van der Waals surface area contributed by atoms with Crippen LogP contribution in [0.1, 0.15) is 30.1 Å². The Balaban J connectivity index is 2.88. The maximum Gasteiger partial charge on any atom is 0.335 e. The first kappa shape index (κ1) is 12.9. The van der Waals surface area contributed by atoms with Crippen LogP contribution in [0.5, 0.6) is 0 Å². The molecular weight excluding hydrogens is 227 g/mol. The Kier molecular flexibility index (Phi) is 4.27. The third-order valence-corrected chi connectivity index (χ3v) is 4.36. The molecular formula is C11H15O4P. The smallest absolute Gasteiger partial charge is 0.335 e. The summed E-state index contributed by atoms with van der Waals surface area (Å²) in [7, 11) is -3.30. The van der Waals surface area contributed by atoms with Crippen LogP contribution in [0.2, 0.25) is 0 Å². The Morgan fingerprint density at radius 2 is 1.88 bits per heavy atom. The summed E-state index contributed by atoms with van der Waals surface area (Å²) < 4.78 is 11.9. The van der Waals surface area contributed by atoms with E-state index in [-0.39, 0.29) is 11.7 Å². The molecule has 0 radical (unpaired) electrons. The highest BCUT2D eigenvalue weighted by Crippen LogP contribution is 2.40. The molecule has 0 saturated carbocycles. The molecule has 88 valence electrons. The van der Waals surface area contributed by atoms with E-state index < -0.39 is 13.3 Å². The number of benzene rings is 1. The summed E-state index contributed by atoms with van der Waals surface area (Å²) in [5.74, 6) is -1.03. The van der Waals surface area contributed by atoms with Gasteiger partial charge in [0.2, 0.25) is 7.37 Å². The van der Waals surface area contributed by atoms with Gasteiger partial charge in [0.25, 0.3) is 0 Å². The van der Waals surface area contributed by atoms with Crippen LogP contribution in [0.25, 0.3) is 0 Å². The molecule has 2 N–H and O–H groups in total. The van der Waals surface area contributed by atoms with Crippen molar-refractivity contribution in [3.8, 4) is 0 Å². The molecule has 0 aliphatic carbocycles. The van der Waals surface area contributed by atoms with Crippen molar-refractivity contribution in [3.05, 3.63) is 29.8 Å². The van der Waals surface area contributed by atoms with Crippen LogP contribution >= 0.6 is 7.37 Å². The molecule has 4 nitrogen and oxygen atoms in total. The van der Waals surface area contributed by atoms with Crippen molar-refractivity contribution in [2.45, 2.75) is 19.8 Å². The van der Waals surface area contributed by atoms with Gasteiger partial charge in [-0.3, -0.25) is 4.57 Å². The second-order valence-corrected chi connectivity index (χ2v) is 6.00. The highest BCUT2D eigenvalue weighted by molar-refractivity contribution is 7.66. The highest BCUT2D eigenvalue weighted by Gasteiger charge is 2.20. The van der Waals surface area contributed by atoms with E-state index in [4.69, 9.17) is 5.11 Å². The lowest BCUT2D eigenvalue weighted by Gasteiger charge is -2.11. The first-order valence-corrected chi connectivity index (χ1v) is 6.97. The zero-order valence-electron chi connectivity index (χ0n) is 9.09. The van der Waals surface area contributed by atoms with E-state index in [0.29, 0.717) is 11.7 Å². The third-order valence-electron chi connectivity index (χ3n) is 2.33. The van der Waals surface area contributed by atoms with E-state index in [9.17, 15) is 14.3 Å². The number of carboxylic acid groups (broad SMARTS) is 1. The molecule has 0 saturated heterocycles. The number of hydrogen-bond donors (Lipinski definition) is 2. The molecule has 0 amide bonds. The van der Waals surface area contributed by atoms with Gasteiger partial charge >= 0.3 is 5.97 Å². The molecule has 0 bridgehead atoms. The lowest BCUT2D eigenvalue weighted by Crippen LogP contribution is -2.08. The fraction of sp³-hybridized carbons (Fsp3) is 0.364. The Bertz CT molecular complexity index is 410. The quantitative estimate of drug-likeness (QED) is 0.775. The maximum atomic E-state index is 11.9. The molecule has 16 heavy (non-hydrogen) atoms. The number of hydrogen-bond acceptors (Lipinski definition) is 2. The number of unbranched alkanes of at least 4 members (excludes halogenated alkanes) is 1. The highest BCUT2D eigenvalue weighted by atomic mass is 31.2. The minimum atomic E-state index is -3.30. The van der Waals surface area contributed by atoms with Gasteiger partial charge in [-0.05, 0) is 30.7 Å². The normalized spacial score (nSPS) is 14.4. The molecule has 1 rings (SSSR count). The molecule has 0 fully saturated rings. The fourth-order valence-electron chi connectivity index (χ4n) is 1.34. The van der Waals surface area contributed by atoms with Crippen molar-refractivity contribution >= 4 is 18.6 Å². The second-order valence-electron chi connectivity index (χ2n) is 3.63. The zero-order chi connectivity index (χ0) is 12.2. The van der Waals surface area contributed by atoms with Gasteiger partial charge in [0, 0.05) is 11.5 Å². The van der Waals surface area contributed by atoms with Crippen LogP contribution in [0, 0.1) is 0 Å². The van der Waals surface area contributed by atoms with Crippen LogP contribution in [0.15, 0.2) is 24.3 Å². The fourth-order valence-corrected chi connectivity index (χ4v) is 2.96. The van der Waals surface area contributed by atoms with Crippen molar-refractivity contribution in [1.82, 2.24) is 0 Å². The Labute approximate surface area is 94.4 Å². The number of carboxylic acids is 1. The summed E-state index contributed by atoms with van der Waals surface area (Å²) >= 11 is 0. The second kappa shape index (κ2) is 5.28. The van der Waals surface area contributed by atoms with E-state index in [2.05, 4.69) is 0 Å². The van der Waals surface area contributed by atoms with Crippen LogP contribution in [0.3, 0.4) is 0 Å². The topological polar surface area (TPSA) is 74.6 Å². The summed E-state index contributed by atoms with van der Waals surface area (Å²) in [5.41, 5.74) is 0.124. The van der Waals surface area contributed by atoms with Gasteiger partial charge in [-0.25, -0.2) is 4.79 Å². The van der Waals surface area contributed by atoms with E-state index >= 15 is 0 Å². The van der Waals surface area contributed by atoms with Crippen molar-refractivity contribution in [2.24, 2.45) is 0 Å². The summed E-state index contributed by atoms with van der Waals surface area (Å²) in [6.45, 7) is 1.95. The Hall–Kier alpha value is -1.12. The molecule has 1 aromatic rings. The number of aromatic carboxylic acids is 1. The lowest BCUT2D eigenvalue weighted by atomic mass is 10.2. The minimum absolute atomic E-state index is 0.124. The predicted molar refractivity (Wildman–Crippen MR) is 62.6 cm³/mol. The Morgan fingerprint density at radius 3 is 2.31 bits per heavy atom. The summed E-state index contributed by atoms with van der Waals surface area (Å²) in [6.07, 6.45) is 1.79. The first-order valence-electron chi connectivity index (χ1n) is 5.13. The van der Waals surface area contributed by atoms with Crippen LogP contribution in [0.4, 0.5) is 0 Å². The molecule has 0 heterocycles. The monoisotopic (exact) mass is 242 g/mol. The third kappa shape index (κ3) is 3.19. The average Bonchev–Trinajstić information content (AvgIpc) is 2.26. The minimum Gasteiger partial charge on any atom is -0.478 e. The van der Waals surface area contributed by atoms with Gasteiger partial charge < -0.3 is 10.00 Å². The Morgan fingerprint density at radius 1 is 1.31 bits per heavy atom. The summed E-state index contributed by atoms with van der Waals surface area (Å²) in [6, 6.07) is 5.54. The average molecular weight is 242 g/mol. The van der Waals surface area contributed by atoms with Gasteiger partial charge in [-0.15, -0.1) is 0 Å². The predicted octanol–water partition coefficient (Wildman–Crippen LogP) is 2.08. The largest absolute Gasteiger partial charge is 0.478 e. The van der Waals surface area contributed by atoms with Gasteiger partial charge in [0.1, 0.15) is 0 Å². The van der Waals surface area contributed by atoms with Crippen molar-refractivity contribution in [3.63, 3.8) is 0 Å². The molecule has 0 aliphatic heterocycles. The van der Waals surface area contributed by atoms with E-state index in [0.717, 1.165) is 6.42 Å². The molecule has 0 aliphatic rings. The number of carbonyl (C=O) groups is 1. The van der Waals surface area contributed by atoms with Gasteiger partial charge in [0.05, 0.1) is 5.56 Å². The van der Waals surface area contributed by atoms with Crippen LogP contribution in [-0.4, -0.2) is 22.1 Å². The van der Waals surface area contributed by atoms with Crippen molar-refractivity contribution < 1.29 is 19.4 Å². The van der Waals surface area contributed by atoms with Crippen LogP contribution < -0.4 is 5.30 Å². The molecule has 0 spiro atoms. The zero-order valence-corrected chi connectivity index (χ0v) is 9.98. The van der Waals surface area contributed by atoms with Gasteiger partial charge in [-0.2, -0.15) is 0 Å².